The highest BCUT2D eigenvalue weighted by Crippen LogP contribution is 2.14. The van der Waals surface area contributed by atoms with Crippen LogP contribution >= 0.6 is 0 Å². The molecule has 0 atom stereocenters. The summed E-state index contributed by atoms with van der Waals surface area (Å²) in [6.07, 6.45) is 30.0. The van der Waals surface area contributed by atoms with Crippen molar-refractivity contribution in [2.45, 2.75) is 207 Å². The third-order valence-electron chi connectivity index (χ3n) is 8.11. The Kier molecular flexibility index (Phi) is 32.1. The molecule has 0 aliphatic rings. The average Bonchev–Trinajstić information content (AvgIpc) is 3.00. The quantitative estimate of drug-likeness (QED) is 0.0418. The molecule has 0 fully saturated rings. The summed E-state index contributed by atoms with van der Waals surface area (Å²) in [5.74, 6) is -0.893. The fraction of sp³-hybridized carbons (Fsp3) is 0.919. The van der Waals surface area contributed by atoms with E-state index in [9.17, 15) is 14.4 Å². The molecule has 6 nitrogen and oxygen atoms in total. The summed E-state index contributed by atoms with van der Waals surface area (Å²) in [6.45, 7) is 6.46. The van der Waals surface area contributed by atoms with Gasteiger partial charge in [0.2, 0.25) is 0 Å². The number of hydrogen-bond acceptors (Lipinski definition) is 6. The normalized spacial score (nSPS) is 11.2. The van der Waals surface area contributed by atoms with Crippen molar-refractivity contribution in [3.05, 3.63) is 0 Å². The van der Waals surface area contributed by atoms with Crippen molar-refractivity contribution in [2.75, 3.05) is 13.2 Å². The van der Waals surface area contributed by atoms with Crippen molar-refractivity contribution >= 4 is 17.9 Å². The Bertz CT molecular complexity index is 605. The van der Waals surface area contributed by atoms with Crippen molar-refractivity contribution < 1.29 is 28.6 Å². The molecule has 0 aliphatic carbocycles. The van der Waals surface area contributed by atoms with E-state index in [-0.39, 0.29) is 31.1 Å². The summed E-state index contributed by atoms with van der Waals surface area (Å²) in [7, 11) is 0. The maximum atomic E-state index is 12.5. The Balaban J connectivity index is 4.15. The number of esters is 3. The van der Waals surface area contributed by atoms with Crippen LogP contribution in [0.2, 0.25) is 0 Å². The van der Waals surface area contributed by atoms with E-state index in [1.807, 2.05) is 0 Å². The van der Waals surface area contributed by atoms with E-state index in [1.54, 1.807) is 0 Å². The van der Waals surface area contributed by atoms with Crippen molar-refractivity contribution in [1.82, 2.24) is 0 Å². The van der Waals surface area contributed by atoms with E-state index in [0.29, 0.717) is 19.3 Å². The predicted molar refractivity (Wildman–Crippen MR) is 178 cm³/mol. The van der Waals surface area contributed by atoms with Crippen LogP contribution in [0.4, 0.5) is 0 Å². The fourth-order valence-electron chi connectivity index (χ4n) is 5.26. The SMILES string of the molecule is CCCCCCCCCCCCCCCCCC(=O)OC(COC(=O)CCCCCCC)COC(=O)CCCCCCC. The Morgan fingerprint density at radius 1 is 0.372 bits per heavy atom. The topological polar surface area (TPSA) is 78.9 Å². The van der Waals surface area contributed by atoms with Crippen LogP contribution in [0.1, 0.15) is 201 Å². The molecule has 0 heterocycles. The molecule has 0 aliphatic heterocycles. The maximum Gasteiger partial charge on any atom is 0.306 e. The van der Waals surface area contributed by atoms with Crippen LogP contribution < -0.4 is 0 Å². The lowest BCUT2D eigenvalue weighted by molar-refractivity contribution is -0.167. The molecule has 0 rings (SSSR count). The number of hydrogen-bond donors (Lipinski definition) is 0. The van der Waals surface area contributed by atoms with E-state index in [0.717, 1.165) is 70.6 Å². The van der Waals surface area contributed by atoms with Crippen LogP contribution in [0.25, 0.3) is 0 Å². The monoisotopic (exact) mass is 611 g/mol. The molecule has 0 aromatic heterocycles. The summed E-state index contributed by atoms with van der Waals surface area (Å²) in [6, 6.07) is 0. The molecular weight excluding hydrogens is 540 g/mol. The molecule has 0 N–H and O–H groups in total. The van der Waals surface area contributed by atoms with Gasteiger partial charge in [0.15, 0.2) is 6.10 Å². The summed E-state index contributed by atoms with van der Waals surface area (Å²) in [5.41, 5.74) is 0. The second kappa shape index (κ2) is 33.3. The van der Waals surface area contributed by atoms with Gasteiger partial charge in [0, 0.05) is 19.3 Å². The van der Waals surface area contributed by atoms with E-state index in [2.05, 4.69) is 20.8 Å². The van der Waals surface area contributed by atoms with Crippen LogP contribution in [0.3, 0.4) is 0 Å². The van der Waals surface area contributed by atoms with Crippen LogP contribution in [-0.2, 0) is 28.6 Å². The lowest BCUT2D eigenvalue weighted by Gasteiger charge is -2.18. The highest BCUT2D eigenvalue weighted by molar-refractivity contribution is 5.71. The second-order valence-corrected chi connectivity index (χ2v) is 12.5. The first kappa shape index (κ1) is 41.4. The molecule has 6 heteroatoms. The molecule has 0 amide bonds. The molecule has 0 radical (unpaired) electrons. The van der Waals surface area contributed by atoms with Crippen LogP contribution in [0.5, 0.6) is 0 Å². The Hall–Kier alpha value is -1.59. The zero-order valence-corrected chi connectivity index (χ0v) is 28.7. The van der Waals surface area contributed by atoms with Crippen LogP contribution in [0.15, 0.2) is 0 Å². The molecule has 0 bridgehead atoms. The van der Waals surface area contributed by atoms with Crippen molar-refractivity contribution in [2.24, 2.45) is 0 Å². The number of carbonyl (C=O) groups is 3. The van der Waals surface area contributed by atoms with Crippen LogP contribution in [-0.4, -0.2) is 37.2 Å². The van der Waals surface area contributed by atoms with Gasteiger partial charge in [-0.3, -0.25) is 14.4 Å². The predicted octanol–water partition coefficient (Wildman–Crippen LogP) is 11.0. The van der Waals surface area contributed by atoms with Gasteiger partial charge in [-0.25, -0.2) is 0 Å². The van der Waals surface area contributed by atoms with Gasteiger partial charge in [-0.2, -0.15) is 0 Å². The smallest absolute Gasteiger partial charge is 0.306 e. The van der Waals surface area contributed by atoms with E-state index >= 15 is 0 Å². The highest BCUT2D eigenvalue weighted by Gasteiger charge is 2.19. The molecule has 0 spiro atoms. The van der Waals surface area contributed by atoms with Crippen LogP contribution in [0, 0.1) is 0 Å². The summed E-state index contributed by atoms with van der Waals surface area (Å²) in [4.78, 5) is 36.9. The zero-order chi connectivity index (χ0) is 31.6. The maximum absolute atomic E-state index is 12.5. The minimum Gasteiger partial charge on any atom is -0.462 e. The van der Waals surface area contributed by atoms with Crippen molar-refractivity contribution in [3.63, 3.8) is 0 Å². The van der Waals surface area contributed by atoms with Gasteiger partial charge in [0.25, 0.3) is 0 Å². The molecule has 0 aromatic rings. The summed E-state index contributed by atoms with van der Waals surface area (Å²) in [5, 5.41) is 0. The van der Waals surface area contributed by atoms with Gasteiger partial charge in [0.1, 0.15) is 13.2 Å². The first-order valence-corrected chi connectivity index (χ1v) is 18.5. The van der Waals surface area contributed by atoms with Gasteiger partial charge >= 0.3 is 17.9 Å². The molecule has 0 saturated carbocycles. The number of unbranched alkanes of at least 4 members (excludes halogenated alkanes) is 22. The second-order valence-electron chi connectivity index (χ2n) is 12.5. The van der Waals surface area contributed by atoms with E-state index in [1.165, 1.54) is 89.9 Å². The Morgan fingerprint density at radius 3 is 0.930 bits per heavy atom. The Labute approximate surface area is 266 Å². The fourth-order valence-corrected chi connectivity index (χ4v) is 5.26. The number of ether oxygens (including phenoxy) is 3. The van der Waals surface area contributed by atoms with Gasteiger partial charge in [-0.05, 0) is 19.3 Å². The summed E-state index contributed by atoms with van der Waals surface area (Å²) < 4.78 is 16.4. The van der Waals surface area contributed by atoms with E-state index < -0.39 is 6.10 Å². The standard InChI is InChI=1S/C37H70O6/c1-4-7-10-13-14-15-16-17-18-19-20-21-22-25-28-31-37(40)43-34(32-41-35(38)29-26-23-11-8-5-2)33-42-36(39)30-27-24-12-9-6-3/h34H,4-33H2,1-3H3. The third-order valence-corrected chi connectivity index (χ3v) is 8.11. The first-order valence-electron chi connectivity index (χ1n) is 18.5. The molecule has 0 saturated heterocycles. The zero-order valence-electron chi connectivity index (χ0n) is 28.7. The van der Waals surface area contributed by atoms with Crippen molar-refractivity contribution in [3.8, 4) is 0 Å². The molecule has 0 aromatic carbocycles. The lowest BCUT2D eigenvalue weighted by atomic mass is 10.0. The Morgan fingerprint density at radius 2 is 0.628 bits per heavy atom. The third kappa shape index (κ3) is 31.6. The van der Waals surface area contributed by atoms with Gasteiger partial charge in [-0.15, -0.1) is 0 Å². The van der Waals surface area contributed by atoms with Crippen molar-refractivity contribution in [1.29, 1.82) is 0 Å². The molecular formula is C37H70O6. The van der Waals surface area contributed by atoms with E-state index in [4.69, 9.17) is 14.2 Å². The molecule has 0 unspecified atom stereocenters. The molecule has 43 heavy (non-hydrogen) atoms. The highest BCUT2D eigenvalue weighted by atomic mass is 16.6. The molecule has 254 valence electrons. The number of carbonyl (C=O) groups excluding carboxylic acids is 3. The minimum absolute atomic E-state index is 0.0673. The van der Waals surface area contributed by atoms with Gasteiger partial charge < -0.3 is 14.2 Å². The largest absolute Gasteiger partial charge is 0.462 e. The summed E-state index contributed by atoms with van der Waals surface area (Å²) >= 11 is 0. The van der Waals surface area contributed by atoms with Gasteiger partial charge in [-0.1, -0.05) is 162 Å². The number of rotatable bonds is 33. The van der Waals surface area contributed by atoms with Gasteiger partial charge in [0.05, 0.1) is 0 Å². The lowest BCUT2D eigenvalue weighted by Crippen LogP contribution is -2.30. The minimum atomic E-state index is -0.753. The average molecular weight is 611 g/mol. The first-order chi connectivity index (χ1) is 21.0.